The predicted octanol–water partition coefficient (Wildman–Crippen LogP) is 5.46. The number of carbonyl (C=O) groups excluding carboxylic acids is 2. The first-order valence-electron chi connectivity index (χ1n) is 15.4. The van der Waals surface area contributed by atoms with Gasteiger partial charge in [0.05, 0.1) is 5.69 Å². The number of hydrogen-bond donors (Lipinski definition) is 1. The molecule has 8 nitrogen and oxygen atoms in total. The second-order valence-corrected chi connectivity index (χ2v) is 12.3. The van der Waals surface area contributed by atoms with Crippen LogP contribution in [0.15, 0.2) is 59.4 Å². The van der Waals surface area contributed by atoms with Crippen molar-refractivity contribution >= 4 is 11.8 Å². The van der Waals surface area contributed by atoms with Crippen LogP contribution in [0.1, 0.15) is 70.8 Å². The van der Waals surface area contributed by atoms with Gasteiger partial charge in [0.15, 0.2) is 0 Å². The molecule has 2 aromatic carbocycles. The zero-order valence-corrected chi connectivity index (χ0v) is 25.8. The summed E-state index contributed by atoms with van der Waals surface area (Å²) in [4.78, 5) is 42.1. The standard InChI is InChI=1S/C34H39F3N4O4/c1-21-22(2)39-40(3)33(44)30(21)31(42)38-20-27(17-23-9-5-4-6-10-23)29-11-7-8-16-41(29)32(43)26-18-25(19-26)24-12-14-28(15-13-24)45-34(35,36)37/h4-6,9-10,12-15,25-27,29H,7-8,11,16-20H2,1-3H3,(H,38,42). The van der Waals surface area contributed by atoms with Crippen molar-refractivity contribution in [3.8, 4) is 5.75 Å². The van der Waals surface area contributed by atoms with Crippen molar-refractivity contribution in [2.75, 3.05) is 13.1 Å². The molecule has 240 valence electrons. The number of piperidine rings is 1. The van der Waals surface area contributed by atoms with E-state index >= 15 is 0 Å². The number of aryl methyl sites for hydroxylation is 2. The highest BCUT2D eigenvalue weighted by Crippen LogP contribution is 2.44. The smallest absolute Gasteiger partial charge is 0.406 e. The summed E-state index contributed by atoms with van der Waals surface area (Å²) in [7, 11) is 1.53. The van der Waals surface area contributed by atoms with E-state index in [2.05, 4.69) is 15.2 Å². The Bertz CT molecular complexity index is 1570. The molecule has 1 aliphatic carbocycles. The predicted molar refractivity (Wildman–Crippen MR) is 163 cm³/mol. The number of carbonyl (C=O) groups is 2. The second kappa shape index (κ2) is 13.5. The molecule has 2 atom stereocenters. The Morgan fingerprint density at radius 3 is 2.40 bits per heavy atom. The van der Waals surface area contributed by atoms with Crippen LogP contribution in [-0.2, 0) is 18.3 Å². The first kappa shape index (κ1) is 32.2. The number of likely N-dealkylation sites (tertiary alicyclic amines) is 1. The highest BCUT2D eigenvalue weighted by atomic mass is 19.4. The van der Waals surface area contributed by atoms with Crippen molar-refractivity contribution in [2.45, 2.75) is 70.7 Å². The molecular weight excluding hydrogens is 585 g/mol. The Kier molecular flexibility index (Phi) is 9.65. The molecule has 3 aromatic rings. The zero-order valence-electron chi connectivity index (χ0n) is 25.8. The molecule has 1 saturated heterocycles. The molecule has 2 unspecified atom stereocenters. The average molecular weight is 625 g/mol. The summed E-state index contributed by atoms with van der Waals surface area (Å²) in [5, 5.41) is 7.19. The maximum Gasteiger partial charge on any atom is 0.573 e. The Hall–Kier alpha value is -4.15. The minimum Gasteiger partial charge on any atom is -0.406 e. The van der Waals surface area contributed by atoms with Crippen molar-refractivity contribution in [3.05, 3.63) is 92.9 Å². The Morgan fingerprint density at radius 2 is 1.73 bits per heavy atom. The number of nitrogens with one attached hydrogen (secondary N) is 1. The van der Waals surface area contributed by atoms with E-state index < -0.39 is 17.8 Å². The minimum atomic E-state index is -4.74. The number of halogens is 3. The first-order chi connectivity index (χ1) is 21.4. The van der Waals surface area contributed by atoms with Gasteiger partial charge in [-0.25, -0.2) is 4.68 Å². The molecule has 5 rings (SSSR count). The molecule has 0 radical (unpaired) electrons. The summed E-state index contributed by atoms with van der Waals surface area (Å²) in [5.41, 5.74) is 2.78. The first-order valence-corrected chi connectivity index (χ1v) is 15.4. The topological polar surface area (TPSA) is 93.5 Å². The van der Waals surface area contributed by atoms with E-state index in [9.17, 15) is 27.6 Å². The number of amides is 2. The van der Waals surface area contributed by atoms with E-state index in [-0.39, 0.29) is 41.0 Å². The Labute approximate surface area is 260 Å². The van der Waals surface area contributed by atoms with Gasteiger partial charge in [-0.3, -0.25) is 14.4 Å². The number of nitrogens with zero attached hydrogens (tertiary/aromatic N) is 3. The molecule has 1 saturated carbocycles. The van der Waals surface area contributed by atoms with Crippen LogP contribution < -0.4 is 15.6 Å². The van der Waals surface area contributed by atoms with Crippen LogP contribution in [0.3, 0.4) is 0 Å². The molecule has 1 N–H and O–H groups in total. The van der Waals surface area contributed by atoms with Crippen molar-refractivity contribution < 1.29 is 27.5 Å². The van der Waals surface area contributed by atoms with Crippen LogP contribution in [0.4, 0.5) is 13.2 Å². The quantitative estimate of drug-likeness (QED) is 0.342. The molecular formula is C34H39F3N4O4. The summed E-state index contributed by atoms with van der Waals surface area (Å²) in [6, 6.07) is 15.8. The molecule has 2 amide bonds. The van der Waals surface area contributed by atoms with Crippen molar-refractivity contribution in [1.82, 2.24) is 20.0 Å². The zero-order chi connectivity index (χ0) is 32.3. The van der Waals surface area contributed by atoms with Gasteiger partial charge in [0, 0.05) is 38.0 Å². The van der Waals surface area contributed by atoms with Crippen LogP contribution in [0.5, 0.6) is 5.75 Å². The van der Waals surface area contributed by atoms with E-state index in [1.54, 1.807) is 26.0 Å². The van der Waals surface area contributed by atoms with Gasteiger partial charge in [-0.05, 0) is 87.1 Å². The van der Waals surface area contributed by atoms with Gasteiger partial charge in [0.1, 0.15) is 11.3 Å². The van der Waals surface area contributed by atoms with Gasteiger partial charge >= 0.3 is 6.36 Å². The average Bonchev–Trinajstić information content (AvgIpc) is 2.98. The molecule has 1 aliphatic heterocycles. The fraction of sp³-hybridized carbons (Fsp3) is 0.471. The highest BCUT2D eigenvalue weighted by Gasteiger charge is 2.42. The van der Waals surface area contributed by atoms with Gasteiger partial charge < -0.3 is 15.0 Å². The van der Waals surface area contributed by atoms with E-state index in [4.69, 9.17) is 0 Å². The van der Waals surface area contributed by atoms with Gasteiger partial charge in [-0.15, -0.1) is 13.2 Å². The van der Waals surface area contributed by atoms with Gasteiger partial charge in [0.2, 0.25) is 5.91 Å². The fourth-order valence-corrected chi connectivity index (χ4v) is 6.68. The second-order valence-electron chi connectivity index (χ2n) is 12.3. The lowest BCUT2D eigenvalue weighted by Gasteiger charge is -2.45. The monoisotopic (exact) mass is 624 g/mol. The molecule has 2 heterocycles. The number of rotatable bonds is 9. The molecule has 0 bridgehead atoms. The summed E-state index contributed by atoms with van der Waals surface area (Å²) < 4.78 is 42.7. The normalized spacial score (nSPS) is 20.7. The van der Waals surface area contributed by atoms with E-state index in [0.29, 0.717) is 43.6 Å². The van der Waals surface area contributed by atoms with Crippen LogP contribution in [0.25, 0.3) is 0 Å². The Balaban J connectivity index is 1.29. The number of benzene rings is 2. The summed E-state index contributed by atoms with van der Waals surface area (Å²) in [5.74, 6) is -0.772. The lowest BCUT2D eigenvalue weighted by Crippen LogP contribution is -2.54. The lowest BCUT2D eigenvalue weighted by molar-refractivity contribution is -0.274. The Morgan fingerprint density at radius 1 is 1.04 bits per heavy atom. The van der Waals surface area contributed by atoms with Crippen LogP contribution in [0, 0.1) is 25.7 Å². The molecule has 2 aliphatic rings. The minimum absolute atomic E-state index is 0.0789. The fourth-order valence-electron chi connectivity index (χ4n) is 6.68. The van der Waals surface area contributed by atoms with Gasteiger partial charge in [0.25, 0.3) is 11.5 Å². The van der Waals surface area contributed by atoms with Crippen LogP contribution in [0.2, 0.25) is 0 Å². The van der Waals surface area contributed by atoms with Crippen LogP contribution >= 0.6 is 0 Å². The highest BCUT2D eigenvalue weighted by molar-refractivity contribution is 5.95. The third kappa shape index (κ3) is 7.57. The van der Waals surface area contributed by atoms with Crippen molar-refractivity contribution in [2.24, 2.45) is 18.9 Å². The number of ether oxygens (including phenoxy) is 1. The number of aromatic nitrogens is 2. The maximum atomic E-state index is 13.9. The SMILES string of the molecule is Cc1nn(C)c(=O)c(C(=O)NCC(Cc2ccccc2)C2CCCCN2C(=O)C2CC(c3ccc(OC(F)(F)F)cc3)C2)c1C. The van der Waals surface area contributed by atoms with E-state index in [1.165, 1.54) is 23.9 Å². The van der Waals surface area contributed by atoms with Crippen molar-refractivity contribution in [1.29, 1.82) is 0 Å². The van der Waals surface area contributed by atoms with Gasteiger partial charge in [-0.2, -0.15) is 5.10 Å². The summed E-state index contributed by atoms with van der Waals surface area (Å²) in [6.45, 7) is 4.41. The third-order valence-electron chi connectivity index (χ3n) is 9.27. The van der Waals surface area contributed by atoms with E-state index in [0.717, 1.165) is 30.4 Å². The number of alkyl halides is 3. The molecule has 2 fully saturated rings. The number of hydrogen-bond acceptors (Lipinski definition) is 5. The van der Waals surface area contributed by atoms with E-state index in [1.807, 2.05) is 35.2 Å². The summed E-state index contributed by atoms with van der Waals surface area (Å²) >= 11 is 0. The molecule has 0 spiro atoms. The van der Waals surface area contributed by atoms with Crippen molar-refractivity contribution in [3.63, 3.8) is 0 Å². The largest absolute Gasteiger partial charge is 0.573 e. The molecule has 45 heavy (non-hydrogen) atoms. The van der Waals surface area contributed by atoms with Crippen LogP contribution in [-0.4, -0.2) is 52.0 Å². The molecule has 11 heteroatoms. The summed E-state index contributed by atoms with van der Waals surface area (Å²) in [6.07, 6.45) is -0.148. The third-order valence-corrected chi connectivity index (χ3v) is 9.27. The maximum absolute atomic E-state index is 13.9. The molecule has 1 aromatic heterocycles. The van der Waals surface area contributed by atoms with Gasteiger partial charge in [-0.1, -0.05) is 42.5 Å². The lowest BCUT2D eigenvalue weighted by atomic mass is 9.70.